The van der Waals surface area contributed by atoms with Gasteiger partial charge in [-0.1, -0.05) is 17.4 Å². The SMILES string of the molecule is C=CCNC(=O)c1sc(NCC)nc1N. The molecule has 0 saturated heterocycles. The Hall–Kier alpha value is -1.56. The standard InChI is InChI=1S/C9H14N4OS/c1-3-5-12-8(14)6-7(10)13-9(15-6)11-4-2/h3H,1,4-5,10H2,2H3,(H,11,13)(H,12,14). The van der Waals surface area contributed by atoms with Crippen molar-refractivity contribution in [3.05, 3.63) is 17.5 Å². The molecule has 0 spiro atoms. The molecule has 6 heteroatoms. The van der Waals surface area contributed by atoms with E-state index >= 15 is 0 Å². The van der Waals surface area contributed by atoms with Crippen LogP contribution in [0.25, 0.3) is 0 Å². The van der Waals surface area contributed by atoms with Crippen molar-refractivity contribution in [2.45, 2.75) is 6.92 Å². The number of carbonyl (C=O) groups is 1. The zero-order valence-electron chi connectivity index (χ0n) is 8.54. The first kappa shape index (κ1) is 11.5. The van der Waals surface area contributed by atoms with Crippen molar-refractivity contribution >= 4 is 28.2 Å². The van der Waals surface area contributed by atoms with Gasteiger partial charge in [0.1, 0.15) is 10.7 Å². The van der Waals surface area contributed by atoms with Gasteiger partial charge in [0.05, 0.1) is 0 Å². The van der Waals surface area contributed by atoms with Crippen molar-refractivity contribution in [3.63, 3.8) is 0 Å². The highest BCUT2D eigenvalue weighted by Gasteiger charge is 2.14. The Balaban J connectivity index is 2.75. The molecule has 0 saturated carbocycles. The second-order valence-electron chi connectivity index (χ2n) is 2.76. The predicted octanol–water partition coefficient (Wildman–Crippen LogP) is 1.07. The van der Waals surface area contributed by atoms with Crippen LogP contribution in [0.15, 0.2) is 12.7 Å². The lowest BCUT2D eigenvalue weighted by Gasteiger charge is -1.98. The Morgan fingerprint density at radius 2 is 2.47 bits per heavy atom. The highest BCUT2D eigenvalue weighted by Crippen LogP contribution is 2.24. The van der Waals surface area contributed by atoms with Gasteiger partial charge in [0, 0.05) is 13.1 Å². The van der Waals surface area contributed by atoms with E-state index in [1.54, 1.807) is 6.08 Å². The van der Waals surface area contributed by atoms with Gasteiger partial charge in [-0.15, -0.1) is 6.58 Å². The third-order valence-electron chi connectivity index (χ3n) is 1.59. The van der Waals surface area contributed by atoms with Crippen LogP contribution in [0, 0.1) is 0 Å². The maximum Gasteiger partial charge on any atom is 0.265 e. The fourth-order valence-corrected chi connectivity index (χ4v) is 1.84. The highest BCUT2D eigenvalue weighted by molar-refractivity contribution is 7.18. The van der Waals surface area contributed by atoms with Gasteiger partial charge in [-0.3, -0.25) is 4.79 Å². The zero-order chi connectivity index (χ0) is 11.3. The van der Waals surface area contributed by atoms with Crippen molar-refractivity contribution in [1.29, 1.82) is 0 Å². The largest absolute Gasteiger partial charge is 0.382 e. The molecule has 1 aromatic rings. The summed E-state index contributed by atoms with van der Waals surface area (Å²) in [6.07, 6.45) is 1.61. The molecule has 0 unspecified atom stereocenters. The normalized spacial score (nSPS) is 9.67. The second kappa shape index (κ2) is 5.35. The Morgan fingerprint density at radius 3 is 3.07 bits per heavy atom. The summed E-state index contributed by atoms with van der Waals surface area (Å²) in [5.74, 6) is 0.0477. The Kier molecular flexibility index (Phi) is 4.11. The quantitative estimate of drug-likeness (QED) is 0.656. The third kappa shape index (κ3) is 2.95. The maximum atomic E-state index is 11.5. The number of nitrogens with one attached hydrogen (secondary N) is 2. The van der Waals surface area contributed by atoms with Crippen molar-refractivity contribution in [1.82, 2.24) is 10.3 Å². The van der Waals surface area contributed by atoms with Crippen LogP contribution in [-0.4, -0.2) is 24.0 Å². The first-order valence-corrected chi connectivity index (χ1v) is 5.40. The molecule has 0 aliphatic carbocycles. The minimum Gasteiger partial charge on any atom is -0.382 e. The molecule has 82 valence electrons. The van der Waals surface area contributed by atoms with Gasteiger partial charge in [0.15, 0.2) is 5.13 Å². The lowest BCUT2D eigenvalue weighted by atomic mass is 10.4. The second-order valence-corrected chi connectivity index (χ2v) is 3.76. The number of nitrogens with two attached hydrogens (primary N) is 1. The first-order chi connectivity index (χ1) is 7.19. The van der Waals surface area contributed by atoms with Gasteiger partial charge < -0.3 is 16.4 Å². The molecule has 0 bridgehead atoms. The van der Waals surface area contributed by atoms with Crippen molar-refractivity contribution in [2.75, 3.05) is 24.1 Å². The average Bonchev–Trinajstić information content (AvgIpc) is 2.57. The van der Waals surface area contributed by atoms with Gasteiger partial charge in [-0.25, -0.2) is 4.98 Å². The van der Waals surface area contributed by atoms with Crippen LogP contribution in [0.5, 0.6) is 0 Å². The van der Waals surface area contributed by atoms with Crippen LogP contribution in [0.2, 0.25) is 0 Å². The molecular formula is C9H14N4OS. The van der Waals surface area contributed by atoms with Crippen LogP contribution < -0.4 is 16.4 Å². The summed E-state index contributed by atoms with van der Waals surface area (Å²) in [6, 6.07) is 0. The summed E-state index contributed by atoms with van der Waals surface area (Å²) in [7, 11) is 0. The Morgan fingerprint density at radius 1 is 1.73 bits per heavy atom. The van der Waals surface area contributed by atoms with Gasteiger partial charge in [-0.2, -0.15) is 0 Å². The molecule has 15 heavy (non-hydrogen) atoms. The summed E-state index contributed by atoms with van der Waals surface area (Å²) >= 11 is 1.25. The van der Waals surface area contributed by atoms with Crippen LogP contribution >= 0.6 is 11.3 Å². The minimum absolute atomic E-state index is 0.214. The summed E-state index contributed by atoms with van der Waals surface area (Å²) in [5, 5.41) is 6.32. The molecule has 4 N–H and O–H groups in total. The topological polar surface area (TPSA) is 80.0 Å². The number of anilines is 2. The van der Waals surface area contributed by atoms with Gasteiger partial charge >= 0.3 is 0 Å². The summed E-state index contributed by atoms with van der Waals surface area (Å²) in [5.41, 5.74) is 5.62. The monoisotopic (exact) mass is 226 g/mol. The number of nitrogen functional groups attached to an aromatic ring is 1. The number of carbonyl (C=O) groups excluding carboxylic acids is 1. The molecule has 0 radical (unpaired) electrons. The number of hydrogen-bond acceptors (Lipinski definition) is 5. The van der Waals surface area contributed by atoms with Crippen molar-refractivity contribution < 1.29 is 4.79 Å². The number of rotatable bonds is 5. The Bertz CT molecular complexity index is 361. The number of aromatic nitrogens is 1. The van der Waals surface area contributed by atoms with Gasteiger partial charge in [0.25, 0.3) is 5.91 Å². The number of thiazole rings is 1. The fourth-order valence-electron chi connectivity index (χ4n) is 0.967. The molecule has 0 aromatic carbocycles. The van der Waals surface area contributed by atoms with E-state index in [2.05, 4.69) is 22.2 Å². The minimum atomic E-state index is -0.214. The zero-order valence-corrected chi connectivity index (χ0v) is 9.36. The summed E-state index contributed by atoms with van der Waals surface area (Å²) in [6.45, 7) is 6.64. The Labute approximate surface area is 92.4 Å². The molecule has 0 fully saturated rings. The van der Waals surface area contributed by atoms with E-state index in [-0.39, 0.29) is 11.7 Å². The molecular weight excluding hydrogens is 212 g/mol. The lowest BCUT2D eigenvalue weighted by Crippen LogP contribution is -2.23. The average molecular weight is 226 g/mol. The summed E-state index contributed by atoms with van der Waals surface area (Å²) < 4.78 is 0. The smallest absolute Gasteiger partial charge is 0.265 e. The third-order valence-corrected chi connectivity index (χ3v) is 2.62. The predicted molar refractivity (Wildman–Crippen MR) is 63.2 cm³/mol. The molecule has 0 aliphatic rings. The molecule has 0 aliphatic heterocycles. The highest BCUT2D eigenvalue weighted by atomic mass is 32.1. The van der Waals surface area contributed by atoms with E-state index in [1.165, 1.54) is 11.3 Å². The van der Waals surface area contributed by atoms with E-state index in [9.17, 15) is 4.79 Å². The van der Waals surface area contributed by atoms with Gasteiger partial charge in [0.2, 0.25) is 0 Å². The number of hydrogen-bond donors (Lipinski definition) is 3. The molecule has 1 heterocycles. The van der Waals surface area contributed by atoms with E-state index in [1.807, 2.05) is 6.92 Å². The summed E-state index contributed by atoms with van der Waals surface area (Å²) in [4.78, 5) is 16.0. The lowest BCUT2D eigenvalue weighted by molar-refractivity contribution is 0.0962. The van der Waals surface area contributed by atoms with Gasteiger partial charge in [-0.05, 0) is 6.92 Å². The van der Waals surface area contributed by atoms with Crippen molar-refractivity contribution in [2.24, 2.45) is 0 Å². The first-order valence-electron chi connectivity index (χ1n) is 4.58. The number of amides is 1. The molecule has 5 nitrogen and oxygen atoms in total. The molecule has 1 amide bonds. The van der Waals surface area contributed by atoms with E-state index in [4.69, 9.17) is 5.73 Å². The number of nitrogens with zero attached hydrogens (tertiary/aromatic N) is 1. The van der Waals surface area contributed by atoms with Crippen LogP contribution in [0.4, 0.5) is 10.9 Å². The van der Waals surface area contributed by atoms with Crippen molar-refractivity contribution in [3.8, 4) is 0 Å². The van der Waals surface area contributed by atoms with E-state index < -0.39 is 0 Å². The maximum absolute atomic E-state index is 11.5. The van der Waals surface area contributed by atoms with Crippen LogP contribution in [0.3, 0.4) is 0 Å². The van der Waals surface area contributed by atoms with Crippen LogP contribution in [0.1, 0.15) is 16.6 Å². The molecule has 1 rings (SSSR count). The van der Waals surface area contributed by atoms with Crippen LogP contribution in [-0.2, 0) is 0 Å². The fraction of sp³-hybridized carbons (Fsp3) is 0.333. The molecule has 0 atom stereocenters. The van der Waals surface area contributed by atoms with E-state index in [0.29, 0.717) is 16.6 Å². The van der Waals surface area contributed by atoms with E-state index in [0.717, 1.165) is 6.54 Å². The molecule has 1 aromatic heterocycles.